The van der Waals surface area contributed by atoms with E-state index < -0.39 is 0 Å². The molecule has 3 rings (SSSR count). The number of quaternary nitrogens is 1. The maximum Gasteiger partial charge on any atom is 0.282 e. The lowest BCUT2D eigenvalue weighted by Crippen LogP contribution is -3.15. The summed E-state index contributed by atoms with van der Waals surface area (Å²) in [4.78, 5) is 14.0. The summed E-state index contributed by atoms with van der Waals surface area (Å²) in [5, 5.41) is 3.03. The van der Waals surface area contributed by atoms with Gasteiger partial charge in [-0.3, -0.25) is 4.79 Å². The molecule has 0 bridgehead atoms. The molecule has 2 N–H and O–H groups in total. The molecule has 5 heteroatoms. The van der Waals surface area contributed by atoms with Crippen molar-refractivity contribution in [3.05, 3.63) is 54.1 Å². The molecular formula is C21H27N2O3+. The third-order valence-electron chi connectivity index (χ3n) is 5.21. The van der Waals surface area contributed by atoms with Crippen LogP contribution >= 0.6 is 0 Å². The number of hydrogen-bond donors (Lipinski definition) is 2. The summed E-state index contributed by atoms with van der Waals surface area (Å²) in [6, 6.07) is 15.7. The maximum atomic E-state index is 12.7. The Morgan fingerprint density at radius 2 is 1.92 bits per heavy atom. The van der Waals surface area contributed by atoms with Crippen molar-refractivity contribution < 1.29 is 19.2 Å². The smallest absolute Gasteiger partial charge is 0.282 e. The molecule has 138 valence electrons. The maximum absolute atomic E-state index is 12.7. The van der Waals surface area contributed by atoms with Gasteiger partial charge in [-0.15, -0.1) is 0 Å². The van der Waals surface area contributed by atoms with Gasteiger partial charge in [-0.25, -0.2) is 0 Å². The van der Waals surface area contributed by atoms with Crippen molar-refractivity contribution in [2.45, 2.75) is 31.8 Å². The second-order valence-corrected chi connectivity index (χ2v) is 6.70. The van der Waals surface area contributed by atoms with E-state index in [-0.39, 0.29) is 18.0 Å². The molecule has 2 aromatic carbocycles. The number of para-hydroxylation sites is 1. The summed E-state index contributed by atoms with van der Waals surface area (Å²) in [6.07, 6.45) is 2.14. The number of rotatable bonds is 6. The van der Waals surface area contributed by atoms with Crippen molar-refractivity contribution in [3.63, 3.8) is 0 Å². The Bertz CT molecular complexity index is 748. The zero-order chi connectivity index (χ0) is 18.5. The van der Waals surface area contributed by atoms with Gasteiger partial charge in [-0.05, 0) is 31.2 Å². The standard InChI is InChI=1S/C21H26N2O3/c1-15(21(24)22-16-8-5-4-6-9-16)23-13-7-10-19(23)18-12-11-17(25-2)14-20(18)26-3/h4-6,8-9,11-12,14-15,19H,7,10,13H2,1-3H3,(H,22,24)/p+1/t15-,19-/m1/s1. The first-order valence-corrected chi connectivity index (χ1v) is 9.07. The van der Waals surface area contributed by atoms with Crippen LogP contribution in [-0.2, 0) is 4.79 Å². The molecule has 1 aliphatic heterocycles. The van der Waals surface area contributed by atoms with Gasteiger partial charge in [-0.2, -0.15) is 0 Å². The van der Waals surface area contributed by atoms with Gasteiger partial charge in [-0.1, -0.05) is 18.2 Å². The number of amides is 1. The lowest BCUT2D eigenvalue weighted by Gasteiger charge is -2.28. The minimum Gasteiger partial charge on any atom is -0.497 e. The summed E-state index contributed by atoms with van der Waals surface area (Å²) >= 11 is 0. The molecular weight excluding hydrogens is 328 g/mol. The van der Waals surface area contributed by atoms with E-state index in [1.807, 2.05) is 49.4 Å². The number of likely N-dealkylation sites (tertiary alicyclic amines) is 1. The fourth-order valence-corrected chi connectivity index (χ4v) is 3.79. The van der Waals surface area contributed by atoms with Gasteiger partial charge in [0.25, 0.3) is 5.91 Å². The van der Waals surface area contributed by atoms with Crippen LogP contribution in [0.4, 0.5) is 5.69 Å². The second-order valence-electron chi connectivity index (χ2n) is 6.70. The van der Waals surface area contributed by atoms with E-state index in [2.05, 4.69) is 11.4 Å². The van der Waals surface area contributed by atoms with Crippen LogP contribution in [0.2, 0.25) is 0 Å². The molecule has 5 nitrogen and oxygen atoms in total. The molecule has 1 amide bonds. The van der Waals surface area contributed by atoms with E-state index in [9.17, 15) is 4.79 Å². The third kappa shape index (κ3) is 3.83. The van der Waals surface area contributed by atoms with Crippen LogP contribution in [0.25, 0.3) is 0 Å². The SMILES string of the molecule is COc1ccc([C@H]2CCC[NH+]2[C@H](C)C(=O)Nc2ccccc2)c(OC)c1. The largest absolute Gasteiger partial charge is 0.497 e. The molecule has 0 saturated carbocycles. The molecule has 1 fully saturated rings. The minimum atomic E-state index is -0.144. The highest BCUT2D eigenvalue weighted by atomic mass is 16.5. The van der Waals surface area contributed by atoms with Crippen LogP contribution in [0.5, 0.6) is 11.5 Å². The number of carbonyl (C=O) groups is 1. The van der Waals surface area contributed by atoms with Gasteiger partial charge in [0.05, 0.1) is 26.3 Å². The highest BCUT2D eigenvalue weighted by Gasteiger charge is 2.38. The highest BCUT2D eigenvalue weighted by Crippen LogP contribution is 2.31. The van der Waals surface area contributed by atoms with Gasteiger partial charge in [0.1, 0.15) is 17.5 Å². The fraction of sp³-hybridized carbons (Fsp3) is 0.381. The zero-order valence-corrected chi connectivity index (χ0v) is 15.6. The lowest BCUT2D eigenvalue weighted by atomic mass is 10.0. The number of carbonyl (C=O) groups excluding carboxylic acids is 1. The molecule has 3 atom stereocenters. The average molecular weight is 355 g/mol. The van der Waals surface area contributed by atoms with Gasteiger partial charge in [0, 0.05) is 24.6 Å². The predicted molar refractivity (Wildman–Crippen MR) is 102 cm³/mol. The van der Waals surface area contributed by atoms with Gasteiger partial charge >= 0.3 is 0 Å². The monoisotopic (exact) mass is 355 g/mol. The van der Waals surface area contributed by atoms with Crippen LogP contribution in [0.3, 0.4) is 0 Å². The fourth-order valence-electron chi connectivity index (χ4n) is 3.79. The molecule has 0 spiro atoms. The molecule has 26 heavy (non-hydrogen) atoms. The number of hydrogen-bond acceptors (Lipinski definition) is 3. The van der Waals surface area contributed by atoms with E-state index in [0.29, 0.717) is 0 Å². The Morgan fingerprint density at radius 1 is 1.15 bits per heavy atom. The molecule has 0 aliphatic carbocycles. The van der Waals surface area contributed by atoms with Crippen LogP contribution in [0, 0.1) is 0 Å². The molecule has 1 aliphatic rings. The van der Waals surface area contributed by atoms with Gasteiger partial charge < -0.3 is 19.7 Å². The Morgan fingerprint density at radius 3 is 2.62 bits per heavy atom. The van der Waals surface area contributed by atoms with Crippen molar-refractivity contribution >= 4 is 11.6 Å². The number of ether oxygens (including phenoxy) is 2. The topological polar surface area (TPSA) is 52.0 Å². The Kier molecular flexibility index (Phi) is 5.78. The number of methoxy groups -OCH3 is 2. The van der Waals surface area contributed by atoms with Crippen molar-refractivity contribution in [1.82, 2.24) is 0 Å². The molecule has 0 aromatic heterocycles. The summed E-state index contributed by atoms with van der Waals surface area (Å²) in [5.74, 6) is 1.65. The molecule has 1 unspecified atom stereocenters. The normalized spacial score (nSPS) is 20.4. The van der Waals surface area contributed by atoms with Crippen molar-refractivity contribution in [2.75, 3.05) is 26.1 Å². The van der Waals surface area contributed by atoms with E-state index in [1.54, 1.807) is 14.2 Å². The number of anilines is 1. The van der Waals surface area contributed by atoms with Crippen molar-refractivity contribution in [2.24, 2.45) is 0 Å². The van der Waals surface area contributed by atoms with Crippen LogP contribution in [-0.4, -0.2) is 32.7 Å². The number of benzene rings is 2. The summed E-state index contributed by atoms with van der Waals surface area (Å²) in [7, 11) is 3.33. The predicted octanol–water partition coefficient (Wildman–Crippen LogP) is 2.45. The van der Waals surface area contributed by atoms with E-state index >= 15 is 0 Å². The van der Waals surface area contributed by atoms with Crippen LogP contribution in [0.15, 0.2) is 48.5 Å². The first-order valence-electron chi connectivity index (χ1n) is 9.07. The Hall–Kier alpha value is -2.53. The third-order valence-corrected chi connectivity index (χ3v) is 5.21. The van der Waals surface area contributed by atoms with E-state index in [0.717, 1.165) is 42.1 Å². The summed E-state index contributed by atoms with van der Waals surface area (Å²) in [5.41, 5.74) is 1.97. The second kappa shape index (κ2) is 8.23. The molecule has 0 radical (unpaired) electrons. The first kappa shape index (κ1) is 18.3. The molecule has 1 heterocycles. The summed E-state index contributed by atoms with van der Waals surface area (Å²) < 4.78 is 10.9. The molecule has 1 saturated heterocycles. The first-order chi connectivity index (χ1) is 12.6. The van der Waals surface area contributed by atoms with Crippen LogP contribution < -0.4 is 19.7 Å². The van der Waals surface area contributed by atoms with Gasteiger partial charge in [0.2, 0.25) is 0 Å². The minimum absolute atomic E-state index is 0.0468. The average Bonchev–Trinajstić information content (AvgIpc) is 3.17. The quantitative estimate of drug-likeness (QED) is 0.837. The van der Waals surface area contributed by atoms with Crippen molar-refractivity contribution in [1.29, 1.82) is 0 Å². The molecule has 2 aromatic rings. The van der Waals surface area contributed by atoms with Crippen molar-refractivity contribution in [3.8, 4) is 11.5 Å². The Labute approximate surface area is 154 Å². The van der Waals surface area contributed by atoms with E-state index in [4.69, 9.17) is 9.47 Å². The van der Waals surface area contributed by atoms with Crippen LogP contribution in [0.1, 0.15) is 31.4 Å². The number of nitrogens with one attached hydrogen (secondary N) is 2. The summed E-state index contributed by atoms with van der Waals surface area (Å²) in [6.45, 7) is 2.98. The van der Waals surface area contributed by atoms with Gasteiger partial charge in [0.15, 0.2) is 6.04 Å². The zero-order valence-electron chi connectivity index (χ0n) is 15.6. The highest BCUT2D eigenvalue weighted by molar-refractivity contribution is 5.93. The Balaban J connectivity index is 1.78. The van der Waals surface area contributed by atoms with E-state index in [1.165, 1.54) is 4.90 Å². The lowest BCUT2D eigenvalue weighted by molar-refractivity contribution is -0.932.